The first-order valence-electron chi connectivity index (χ1n) is 4.27. The van der Waals surface area contributed by atoms with E-state index in [2.05, 4.69) is 22.0 Å². The average molecular weight is 273 g/mol. The van der Waals surface area contributed by atoms with Gasteiger partial charge in [0, 0.05) is 18.0 Å². The topological polar surface area (TPSA) is 47.3 Å². The van der Waals surface area contributed by atoms with Crippen LogP contribution in [-0.4, -0.2) is 29.2 Å². The van der Waals surface area contributed by atoms with Crippen molar-refractivity contribution in [3.63, 3.8) is 0 Å². The molecule has 5 heteroatoms. The first-order chi connectivity index (χ1) is 6.70. The van der Waals surface area contributed by atoms with Crippen molar-refractivity contribution < 1.29 is 5.11 Å². The summed E-state index contributed by atoms with van der Waals surface area (Å²) in [5, 5.41) is 18.2. The molecule has 1 aromatic heterocycles. The third-order valence-electron chi connectivity index (χ3n) is 2.24. The van der Waals surface area contributed by atoms with E-state index < -0.39 is 0 Å². The van der Waals surface area contributed by atoms with E-state index in [0.717, 1.165) is 8.66 Å². The summed E-state index contributed by atoms with van der Waals surface area (Å²) in [5.74, 6) is 0. The first-order valence-corrected chi connectivity index (χ1v) is 5.88. The fourth-order valence-electron chi connectivity index (χ4n) is 1.50. The molecule has 2 heterocycles. The quantitative estimate of drug-likeness (QED) is 0.893. The molecule has 1 atom stereocenters. The highest BCUT2D eigenvalue weighted by atomic mass is 79.9. The van der Waals surface area contributed by atoms with Crippen LogP contribution in [0.15, 0.2) is 15.9 Å². The second-order valence-corrected chi connectivity index (χ2v) is 5.78. The zero-order valence-corrected chi connectivity index (χ0v) is 9.75. The van der Waals surface area contributed by atoms with Crippen molar-refractivity contribution in [2.45, 2.75) is 12.1 Å². The van der Waals surface area contributed by atoms with E-state index in [1.807, 2.05) is 17.0 Å². The Bertz CT molecular complexity index is 367. The minimum Gasteiger partial charge on any atom is -0.390 e. The lowest BCUT2D eigenvalue weighted by atomic mass is 10.1. The summed E-state index contributed by atoms with van der Waals surface area (Å²) < 4.78 is 1.04. The third-order valence-corrected chi connectivity index (χ3v) is 3.92. The molecule has 1 aliphatic rings. The number of aliphatic hydroxyl groups excluding tert-OH is 1. The smallest absolute Gasteiger partial charge is 0.133 e. The van der Waals surface area contributed by atoms with E-state index in [1.165, 1.54) is 0 Å². The molecule has 1 N–H and O–H groups in total. The third kappa shape index (κ3) is 1.84. The molecule has 0 bridgehead atoms. The summed E-state index contributed by atoms with van der Waals surface area (Å²) in [6, 6.07) is 5.96. The Kier molecular flexibility index (Phi) is 2.88. The summed E-state index contributed by atoms with van der Waals surface area (Å²) in [4.78, 5) is 3.01. The number of hydrogen-bond donors (Lipinski definition) is 1. The molecule has 14 heavy (non-hydrogen) atoms. The van der Waals surface area contributed by atoms with Gasteiger partial charge in [-0.1, -0.05) is 0 Å². The standard InChI is InChI=1S/C9H9BrN2OS/c10-9-2-1-8(14-9)7(3-11)12-4-6(13)5-12/h1-2,6-7,13H,4-5H2/t7-/m0/s1. The van der Waals surface area contributed by atoms with Crippen molar-refractivity contribution in [2.75, 3.05) is 13.1 Å². The highest BCUT2D eigenvalue weighted by molar-refractivity contribution is 9.11. The van der Waals surface area contributed by atoms with Crippen LogP contribution in [0, 0.1) is 11.3 Å². The van der Waals surface area contributed by atoms with Crippen molar-refractivity contribution in [2.24, 2.45) is 0 Å². The Hall–Kier alpha value is -0.410. The predicted octanol–water partition coefficient (Wildman–Crippen LogP) is 1.75. The maximum Gasteiger partial charge on any atom is 0.133 e. The summed E-state index contributed by atoms with van der Waals surface area (Å²) in [7, 11) is 0. The van der Waals surface area contributed by atoms with Gasteiger partial charge in [0.05, 0.1) is 16.0 Å². The Morgan fingerprint density at radius 3 is 2.79 bits per heavy atom. The van der Waals surface area contributed by atoms with Crippen LogP contribution in [-0.2, 0) is 0 Å². The molecule has 1 fully saturated rings. The van der Waals surface area contributed by atoms with Crippen LogP contribution in [0.3, 0.4) is 0 Å². The van der Waals surface area contributed by atoms with Crippen LogP contribution in [0.1, 0.15) is 10.9 Å². The SMILES string of the molecule is N#C[C@@H](c1ccc(Br)s1)N1CC(O)C1. The molecule has 0 unspecified atom stereocenters. The van der Waals surface area contributed by atoms with E-state index >= 15 is 0 Å². The van der Waals surface area contributed by atoms with Crippen LogP contribution < -0.4 is 0 Å². The van der Waals surface area contributed by atoms with Gasteiger partial charge < -0.3 is 5.11 Å². The Morgan fingerprint density at radius 1 is 1.64 bits per heavy atom. The van der Waals surface area contributed by atoms with Gasteiger partial charge in [0.15, 0.2) is 0 Å². The van der Waals surface area contributed by atoms with Gasteiger partial charge in [0.25, 0.3) is 0 Å². The zero-order chi connectivity index (χ0) is 10.1. The van der Waals surface area contributed by atoms with Crippen LogP contribution in [0.4, 0.5) is 0 Å². The lowest BCUT2D eigenvalue weighted by Crippen LogP contribution is -2.51. The molecule has 1 aliphatic heterocycles. The molecule has 1 aromatic rings. The van der Waals surface area contributed by atoms with E-state index in [1.54, 1.807) is 11.3 Å². The monoisotopic (exact) mass is 272 g/mol. The number of nitriles is 1. The molecule has 0 amide bonds. The minimum atomic E-state index is -0.255. The summed E-state index contributed by atoms with van der Waals surface area (Å²) in [6.45, 7) is 1.21. The van der Waals surface area contributed by atoms with E-state index in [-0.39, 0.29) is 12.1 Å². The fourth-order valence-corrected chi connectivity index (χ4v) is 3.00. The molecule has 0 aliphatic carbocycles. The number of thiophene rings is 1. The molecular formula is C9H9BrN2OS. The van der Waals surface area contributed by atoms with Crippen molar-refractivity contribution in [3.8, 4) is 6.07 Å². The van der Waals surface area contributed by atoms with Gasteiger partial charge in [-0.25, -0.2) is 0 Å². The Morgan fingerprint density at radius 2 is 2.36 bits per heavy atom. The summed E-state index contributed by atoms with van der Waals surface area (Å²) in [6.07, 6.45) is -0.255. The van der Waals surface area contributed by atoms with Crippen molar-refractivity contribution >= 4 is 27.3 Å². The van der Waals surface area contributed by atoms with Crippen molar-refractivity contribution in [1.29, 1.82) is 5.26 Å². The highest BCUT2D eigenvalue weighted by Crippen LogP contribution is 2.32. The van der Waals surface area contributed by atoms with Gasteiger partial charge >= 0.3 is 0 Å². The highest BCUT2D eigenvalue weighted by Gasteiger charge is 2.32. The normalized spacial score (nSPS) is 20.1. The molecule has 2 rings (SSSR count). The van der Waals surface area contributed by atoms with Gasteiger partial charge in [-0.15, -0.1) is 11.3 Å². The Labute approximate surface area is 94.7 Å². The van der Waals surface area contributed by atoms with E-state index in [0.29, 0.717) is 13.1 Å². The molecule has 3 nitrogen and oxygen atoms in total. The maximum absolute atomic E-state index is 9.16. The number of hydrogen-bond acceptors (Lipinski definition) is 4. The molecule has 0 radical (unpaired) electrons. The predicted molar refractivity (Wildman–Crippen MR) is 58.0 cm³/mol. The van der Waals surface area contributed by atoms with Crippen molar-refractivity contribution in [3.05, 3.63) is 20.8 Å². The fraction of sp³-hybridized carbons (Fsp3) is 0.444. The number of halogens is 1. The summed E-state index contributed by atoms with van der Waals surface area (Å²) in [5.41, 5.74) is 0. The van der Waals surface area contributed by atoms with Crippen LogP contribution in [0.5, 0.6) is 0 Å². The number of β-amino-alcohol motifs (C(OH)–C–C–N with tert-alkyl or cyclic N) is 1. The van der Waals surface area contributed by atoms with Gasteiger partial charge in [-0.2, -0.15) is 5.26 Å². The molecule has 0 aromatic carbocycles. The van der Waals surface area contributed by atoms with Gasteiger partial charge in [-0.3, -0.25) is 4.90 Å². The summed E-state index contributed by atoms with van der Waals surface area (Å²) >= 11 is 4.94. The van der Waals surface area contributed by atoms with E-state index in [9.17, 15) is 0 Å². The Balaban J connectivity index is 2.11. The second kappa shape index (κ2) is 3.99. The number of nitrogens with zero attached hydrogens (tertiary/aromatic N) is 2. The van der Waals surface area contributed by atoms with E-state index in [4.69, 9.17) is 10.4 Å². The second-order valence-electron chi connectivity index (χ2n) is 3.28. The van der Waals surface area contributed by atoms with Crippen molar-refractivity contribution in [1.82, 2.24) is 4.90 Å². The van der Waals surface area contributed by atoms with Crippen LogP contribution in [0.25, 0.3) is 0 Å². The number of rotatable bonds is 2. The number of aliphatic hydroxyl groups is 1. The van der Waals surface area contributed by atoms with Crippen LogP contribution in [0.2, 0.25) is 0 Å². The zero-order valence-electron chi connectivity index (χ0n) is 7.35. The first kappa shape index (κ1) is 10.1. The lowest BCUT2D eigenvalue weighted by molar-refractivity contribution is -0.0120. The number of likely N-dealkylation sites (tertiary alicyclic amines) is 1. The molecular weight excluding hydrogens is 264 g/mol. The molecule has 0 spiro atoms. The largest absolute Gasteiger partial charge is 0.390 e. The minimum absolute atomic E-state index is 0.199. The average Bonchev–Trinajstić information content (AvgIpc) is 2.50. The van der Waals surface area contributed by atoms with Gasteiger partial charge in [0.2, 0.25) is 0 Å². The lowest BCUT2D eigenvalue weighted by Gasteiger charge is -2.38. The van der Waals surface area contributed by atoms with Gasteiger partial charge in [-0.05, 0) is 28.1 Å². The molecule has 1 saturated heterocycles. The maximum atomic E-state index is 9.16. The van der Waals surface area contributed by atoms with Crippen LogP contribution >= 0.6 is 27.3 Å². The van der Waals surface area contributed by atoms with Gasteiger partial charge in [0.1, 0.15) is 6.04 Å². The molecule has 0 saturated carbocycles. The molecule has 74 valence electrons.